The highest BCUT2D eigenvalue weighted by molar-refractivity contribution is 5.90. The second kappa shape index (κ2) is 6.31. The molecule has 0 radical (unpaired) electrons. The van der Waals surface area contributed by atoms with E-state index in [1.54, 1.807) is 12.2 Å². The van der Waals surface area contributed by atoms with Crippen LogP contribution in [0, 0.1) is 0 Å². The number of carbonyl (C=O) groups excluding carboxylic acids is 1. The molecule has 7 heteroatoms. The van der Waals surface area contributed by atoms with Crippen LogP contribution in [-0.2, 0) is 4.79 Å². The van der Waals surface area contributed by atoms with E-state index in [-0.39, 0.29) is 5.70 Å². The fraction of sp³-hybridized carbons (Fsp3) is 0.308. The van der Waals surface area contributed by atoms with Gasteiger partial charge in [0.25, 0.3) is 0 Å². The first-order chi connectivity index (χ1) is 9.29. The number of ether oxygens (including phenoxy) is 2. The zero-order valence-corrected chi connectivity index (χ0v) is 11.0. The van der Waals surface area contributed by atoms with Crippen LogP contribution < -0.4 is 14.8 Å². The lowest BCUT2D eigenvalue weighted by Crippen LogP contribution is -2.35. The minimum absolute atomic E-state index is 0.170. The SMILES string of the molecule is C=C(NC(=O)C(F)(F)F)c1ccc(OC)c(OCC)c1. The molecule has 20 heavy (non-hydrogen) atoms. The Morgan fingerprint density at radius 2 is 2.00 bits per heavy atom. The van der Waals surface area contributed by atoms with E-state index in [0.717, 1.165) is 0 Å². The zero-order valence-electron chi connectivity index (χ0n) is 11.0. The lowest BCUT2D eigenvalue weighted by atomic mass is 10.1. The average Bonchev–Trinajstić information content (AvgIpc) is 2.37. The van der Waals surface area contributed by atoms with Crippen molar-refractivity contribution in [3.05, 3.63) is 30.3 Å². The lowest BCUT2D eigenvalue weighted by Gasteiger charge is -2.14. The third kappa shape index (κ3) is 3.91. The summed E-state index contributed by atoms with van der Waals surface area (Å²) in [6, 6.07) is 4.44. The number of alkyl halides is 3. The van der Waals surface area contributed by atoms with Gasteiger partial charge in [-0.25, -0.2) is 0 Å². The van der Waals surface area contributed by atoms with Gasteiger partial charge in [0.15, 0.2) is 11.5 Å². The number of methoxy groups -OCH3 is 1. The van der Waals surface area contributed by atoms with E-state index in [1.165, 1.54) is 25.3 Å². The van der Waals surface area contributed by atoms with Crippen molar-refractivity contribution in [1.82, 2.24) is 5.32 Å². The van der Waals surface area contributed by atoms with Gasteiger partial charge >= 0.3 is 12.1 Å². The molecule has 1 amide bonds. The third-order valence-electron chi connectivity index (χ3n) is 2.33. The maximum absolute atomic E-state index is 12.1. The van der Waals surface area contributed by atoms with Gasteiger partial charge in [-0.3, -0.25) is 4.79 Å². The zero-order chi connectivity index (χ0) is 15.3. The van der Waals surface area contributed by atoms with Crippen molar-refractivity contribution in [3.8, 4) is 11.5 Å². The van der Waals surface area contributed by atoms with Crippen LogP contribution in [0.15, 0.2) is 24.8 Å². The molecule has 1 rings (SSSR count). The van der Waals surface area contributed by atoms with E-state index < -0.39 is 12.1 Å². The van der Waals surface area contributed by atoms with E-state index in [0.29, 0.717) is 23.7 Å². The van der Waals surface area contributed by atoms with Crippen LogP contribution >= 0.6 is 0 Å². The molecule has 0 aliphatic rings. The maximum Gasteiger partial charge on any atom is 0.471 e. The van der Waals surface area contributed by atoms with Gasteiger partial charge in [0.05, 0.1) is 13.7 Å². The molecule has 0 saturated heterocycles. The number of hydrogen-bond donors (Lipinski definition) is 1. The molecule has 0 saturated carbocycles. The quantitative estimate of drug-likeness (QED) is 0.906. The van der Waals surface area contributed by atoms with Crippen molar-refractivity contribution in [2.75, 3.05) is 13.7 Å². The number of amides is 1. The normalized spacial score (nSPS) is 10.8. The molecule has 0 aliphatic carbocycles. The van der Waals surface area contributed by atoms with Crippen LogP contribution in [0.4, 0.5) is 13.2 Å². The number of benzene rings is 1. The van der Waals surface area contributed by atoms with Crippen molar-refractivity contribution in [1.29, 1.82) is 0 Å². The van der Waals surface area contributed by atoms with Crippen molar-refractivity contribution < 1.29 is 27.4 Å². The summed E-state index contributed by atoms with van der Waals surface area (Å²) in [4.78, 5) is 10.8. The Bertz CT molecular complexity index is 512. The van der Waals surface area contributed by atoms with Gasteiger partial charge in [-0.1, -0.05) is 6.58 Å². The summed E-state index contributed by atoms with van der Waals surface area (Å²) in [5, 5.41) is 1.69. The predicted octanol–water partition coefficient (Wildman–Crippen LogP) is 2.74. The van der Waals surface area contributed by atoms with Crippen LogP contribution in [0.25, 0.3) is 5.70 Å². The Morgan fingerprint density at radius 1 is 1.35 bits per heavy atom. The van der Waals surface area contributed by atoms with Crippen molar-refractivity contribution in [3.63, 3.8) is 0 Å². The summed E-state index contributed by atoms with van der Waals surface area (Å²) in [5.74, 6) is -1.28. The monoisotopic (exact) mass is 289 g/mol. The minimum atomic E-state index is -4.96. The predicted molar refractivity (Wildman–Crippen MR) is 67.4 cm³/mol. The molecule has 0 bridgehead atoms. The van der Waals surface area contributed by atoms with Crippen molar-refractivity contribution >= 4 is 11.6 Å². The Balaban J connectivity index is 2.94. The third-order valence-corrected chi connectivity index (χ3v) is 2.33. The van der Waals surface area contributed by atoms with Gasteiger partial charge in [-0.15, -0.1) is 0 Å². The van der Waals surface area contributed by atoms with Gasteiger partial charge in [0, 0.05) is 11.3 Å². The highest BCUT2D eigenvalue weighted by Crippen LogP contribution is 2.30. The number of nitrogens with one attached hydrogen (secondary N) is 1. The van der Waals surface area contributed by atoms with Gasteiger partial charge in [-0.05, 0) is 25.1 Å². The Morgan fingerprint density at radius 3 is 2.50 bits per heavy atom. The summed E-state index contributed by atoms with van der Waals surface area (Å²) in [6.45, 7) is 5.53. The molecule has 1 aromatic rings. The maximum atomic E-state index is 12.1. The molecular weight excluding hydrogens is 275 g/mol. The number of carbonyl (C=O) groups is 1. The van der Waals surface area contributed by atoms with Gasteiger partial charge in [0.1, 0.15) is 0 Å². The van der Waals surface area contributed by atoms with Gasteiger partial charge < -0.3 is 14.8 Å². The first-order valence-electron chi connectivity index (χ1n) is 5.67. The largest absolute Gasteiger partial charge is 0.493 e. The number of hydrogen-bond acceptors (Lipinski definition) is 3. The lowest BCUT2D eigenvalue weighted by molar-refractivity contribution is -0.172. The van der Waals surface area contributed by atoms with Gasteiger partial charge in [-0.2, -0.15) is 13.2 Å². The Hall–Kier alpha value is -2.18. The fourth-order valence-electron chi connectivity index (χ4n) is 1.41. The Kier molecular flexibility index (Phi) is 5.01. The fourth-order valence-corrected chi connectivity index (χ4v) is 1.41. The van der Waals surface area contributed by atoms with Crippen molar-refractivity contribution in [2.24, 2.45) is 0 Å². The average molecular weight is 289 g/mol. The molecule has 4 nitrogen and oxygen atoms in total. The van der Waals surface area contributed by atoms with Crippen LogP contribution in [0.3, 0.4) is 0 Å². The molecule has 0 heterocycles. The van der Waals surface area contributed by atoms with Crippen LogP contribution in [0.5, 0.6) is 11.5 Å². The second-order valence-electron chi connectivity index (χ2n) is 3.73. The summed E-state index contributed by atoms with van der Waals surface area (Å²) in [7, 11) is 1.44. The van der Waals surface area contributed by atoms with E-state index >= 15 is 0 Å². The van der Waals surface area contributed by atoms with Gasteiger partial charge in [0.2, 0.25) is 0 Å². The van der Waals surface area contributed by atoms with Crippen LogP contribution in [-0.4, -0.2) is 25.8 Å². The van der Waals surface area contributed by atoms with Crippen LogP contribution in [0.2, 0.25) is 0 Å². The summed E-state index contributed by atoms with van der Waals surface area (Å²) in [5.41, 5.74) is 0.128. The molecule has 0 fully saturated rings. The molecule has 0 aromatic heterocycles. The summed E-state index contributed by atoms with van der Waals surface area (Å²) < 4.78 is 46.8. The molecule has 0 unspecified atom stereocenters. The molecule has 110 valence electrons. The molecule has 0 aliphatic heterocycles. The Labute approximate surface area is 114 Å². The van der Waals surface area contributed by atoms with E-state index in [1.807, 2.05) is 0 Å². The molecule has 1 aromatic carbocycles. The molecular formula is C13H14F3NO3. The number of halogens is 3. The smallest absolute Gasteiger partial charge is 0.471 e. The molecule has 0 atom stereocenters. The first-order valence-corrected chi connectivity index (χ1v) is 5.67. The highest BCUT2D eigenvalue weighted by Gasteiger charge is 2.38. The second-order valence-corrected chi connectivity index (χ2v) is 3.73. The van der Waals surface area contributed by atoms with E-state index in [9.17, 15) is 18.0 Å². The minimum Gasteiger partial charge on any atom is -0.493 e. The molecule has 0 spiro atoms. The summed E-state index contributed by atoms with van der Waals surface area (Å²) in [6.07, 6.45) is -4.96. The highest BCUT2D eigenvalue weighted by atomic mass is 19.4. The van der Waals surface area contributed by atoms with E-state index in [2.05, 4.69) is 6.58 Å². The first kappa shape index (κ1) is 15.9. The van der Waals surface area contributed by atoms with Crippen LogP contribution in [0.1, 0.15) is 12.5 Å². The van der Waals surface area contributed by atoms with E-state index in [4.69, 9.17) is 9.47 Å². The molecule has 1 N–H and O–H groups in total. The summed E-state index contributed by atoms with van der Waals surface area (Å²) >= 11 is 0. The van der Waals surface area contributed by atoms with Crippen molar-refractivity contribution in [2.45, 2.75) is 13.1 Å². The standard InChI is InChI=1S/C13H14F3NO3/c1-4-20-11-7-9(5-6-10(11)19-3)8(2)17-12(18)13(14,15)16/h5-7H,2,4H2,1,3H3,(H,17,18). The topological polar surface area (TPSA) is 47.6 Å². The number of rotatable bonds is 5.